The molecular formula is C12H12ClFN4. The van der Waals surface area contributed by atoms with Gasteiger partial charge in [0, 0.05) is 19.7 Å². The average Bonchev–Trinajstić information content (AvgIpc) is 2.27. The Morgan fingerprint density at radius 2 is 2.11 bits per heavy atom. The minimum Gasteiger partial charge on any atom is -0.368 e. The first-order valence-corrected chi connectivity index (χ1v) is 5.68. The number of benzene rings is 1. The summed E-state index contributed by atoms with van der Waals surface area (Å²) in [6.07, 6.45) is 0. The third kappa shape index (κ3) is 3.07. The summed E-state index contributed by atoms with van der Waals surface area (Å²) in [7, 11) is 1.82. The second-order valence-corrected chi connectivity index (χ2v) is 4.28. The average molecular weight is 267 g/mol. The van der Waals surface area contributed by atoms with Crippen LogP contribution in [0.15, 0.2) is 30.3 Å². The Morgan fingerprint density at radius 1 is 1.33 bits per heavy atom. The molecule has 2 N–H and O–H groups in total. The first-order chi connectivity index (χ1) is 8.54. The summed E-state index contributed by atoms with van der Waals surface area (Å²) < 4.78 is 13.1. The molecule has 94 valence electrons. The van der Waals surface area contributed by atoms with Crippen LogP contribution in [0.5, 0.6) is 0 Å². The third-order valence-electron chi connectivity index (χ3n) is 2.40. The quantitative estimate of drug-likeness (QED) is 0.867. The molecule has 0 fully saturated rings. The molecule has 0 aliphatic carbocycles. The SMILES string of the molecule is CN(Cc1cccc(F)c1)c1cc(Cl)nc(N)n1. The summed E-state index contributed by atoms with van der Waals surface area (Å²) in [5.41, 5.74) is 6.36. The highest BCUT2D eigenvalue weighted by molar-refractivity contribution is 6.29. The second-order valence-electron chi connectivity index (χ2n) is 3.89. The van der Waals surface area contributed by atoms with Crippen LogP contribution in [-0.4, -0.2) is 17.0 Å². The maximum absolute atomic E-state index is 13.1. The van der Waals surface area contributed by atoms with Crippen LogP contribution >= 0.6 is 11.6 Å². The van der Waals surface area contributed by atoms with Gasteiger partial charge in [-0.05, 0) is 17.7 Å². The standard InChI is InChI=1S/C12H12ClFN4/c1-18(7-8-3-2-4-9(14)5-8)11-6-10(13)16-12(15)17-11/h2-6H,7H2,1H3,(H2,15,16,17). The molecule has 4 nitrogen and oxygen atoms in total. The minimum absolute atomic E-state index is 0.114. The van der Waals surface area contributed by atoms with Crippen molar-refractivity contribution >= 4 is 23.4 Å². The summed E-state index contributed by atoms with van der Waals surface area (Å²) >= 11 is 5.80. The first-order valence-electron chi connectivity index (χ1n) is 5.30. The van der Waals surface area contributed by atoms with E-state index in [9.17, 15) is 4.39 Å². The van der Waals surface area contributed by atoms with Gasteiger partial charge in [0.25, 0.3) is 0 Å². The van der Waals surface area contributed by atoms with Crippen molar-refractivity contribution in [3.05, 3.63) is 46.9 Å². The van der Waals surface area contributed by atoms with Crippen LogP contribution in [0.25, 0.3) is 0 Å². The van der Waals surface area contributed by atoms with Crippen LogP contribution in [-0.2, 0) is 6.54 Å². The lowest BCUT2D eigenvalue weighted by Gasteiger charge is -2.18. The number of halogens is 2. The van der Waals surface area contributed by atoms with Gasteiger partial charge in [-0.25, -0.2) is 9.37 Å². The van der Waals surface area contributed by atoms with Crippen LogP contribution in [0.3, 0.4) is 0 Å². The van der Waals surface area contributed by atoms with Gasteiger partial charge in [-0.1, -0.05) is 23.7 Å². The van der Waals surface area contributed by atoms with Gasteiger partial charge in [0.05, 0.1) is 0 Å². The number of rotatable bonds is 3. The monoisotopic (exact) mass is 266 g/mol. The Bertz CT molecular complexity index is 541. The predicted octanol–water partition coefficient (Wildman–Crippen LogP) is 2.49. The summed E-state index contributed by atoms with van der Waals surface area (Å²) in [6.45, 7) is 0.505. The Kier molecular flexibility index (Phi) is 3.62. The summed E-state index contributed by atoms with van der Waals surface area (Å²) in [5.74, 6) is 0.446. The fourth-order valence-electron chi connectivity index (χ4n) is 1.61. The number of aromatic nitrogens is 2. The van der Waals surface area contributed by atoms with E-state index in [0.717, 1.165) is 5.56 Å². The van der Waals surface area contributed by atoms with E-state index >= 15 is 0 Å². The van der Waals surface area contributed by atoms with Crippen molar-refractivity contribution in [1.82, 2.24) is 9.97 Å². The van der Waals surface area contributed by atoms with Gasteiger partial charge in [0.15, 0.2) is 0 Å². The smallest absolute Gasteiger partial charge is 0.223 e. The van der Waals surface area contributed by atoms with E-state index in [2.05, 4.69) is 9.97 Å². The zero-order valence-corrected chi connectivity index (χ0v) is 10.5. The number of nitrogens with two attached hydrogens (primary N) is 1. The van der Waals surface area contributed by atoms with E-state index < -0.39 is 0 Å². The highest BCUT2D eigenvalue weighted by Crippen LogP contribution is 2.18. The number of hydrogen-bond donors (Lipinski definition) is 1. The maximum Gasteiger partial charge on any atom is 0.223 e. The topological polar surface area (TPSA) is 55.0 Å². The Labute approximate surface area is 109 Å². The van der Waals surface area contributed by atoms with Crippen LogP contribution < -0.4 is 10.6 Å². The molecule has 1 aromatic heterocycles. The van der Waals surface area contributed by atoms with E-state index in [1.807, 2.05) is 18.0 Å². The highest BCUT2D eigenvalue weighted by Gasteiger charge is 2.07. The molecule has 0 spiro atoms. The molecule has 0 aliphatic heterocycles. The van der Waals surface area contributed by atoms with E-state index in [4.69, 9.17) is 17.3 Å². The Hall–Kier alpha value is -1.88. The highest BCUT2D eigenvalue weighted by atomic mass is 35.5. The van der Waals surface area contributed by atoms with Crippen molar-refractivity contribution in [3.8, 4) is 0 Å². The second kappa shape index (κ2) is 5.18. The molecule has 0 bridgehead atoms. The van der Waals surface area contributed by atoms with Crippen molar-refractivity contribution in [2.45, 2.75) is 6.54 Å². The molecule has 0 radical (unpaired) electrons. The molecule has 6 heteroatoms. The number of anilines is 2. The fraction of sp³-hybridized carbons (Fsp3) is 0.167. The third-order valence-corrected chi connectivity index (χ3v) is 2.59. The van der Waals surface area contributed by atoms with Crippen molar-refractivity contribution in [2.24, 2.45) is 0 Å². The summed E-state index contributed by atoms with van der Waals surface area (Å²) in [4.78, 5) is 9.67. The van der Waals surface area contributed by atoms with Crippen LogP contribution in [0.4, 0.5) is 16.2 Å². The molecule has 0 unspecified atom stereocenters. The molecule has 0 amide bonds. The van der Waals surface area contributed by atoms with Gasteiger partial charge in [0.2, 0.25) is 5.95 Å². The van der Waals surface area contributed by atoms with E-state index in [0.29, 0.717) is 12.4 Å². The normalized spacial score (nSPS) is 10.4. The molecule has 0 aliphatic rings. The van der Waals surface area contributed by atoms with Gasteiger partial charge in [-0.2, -0.15) is 4.98 Å². The molecule has 1 aromatic carbocycles. The van der Waals surface area contributed by atoms with Crippen molar-refractivity contribution in [2.75, 3.05) is 17.7 Å². The molecule has 2 rings (SSSR count). The van der Waals surface area contributed by atoms with Gasteiger partial charge in [0.1, 0.15) is 16.8 Å². The predicted molar refractivity (Wildman–Crippen MR) is 70.0 cm³/mol. The number of nitrogens with zero attached hydrogens (tertiary/aromatic N) is 3. The number of hydrogen-bond acceptors (Lipinski definition) is 4. The Balaban J connectivity index is 2.19. The maximum atomic E-state index is 13.1. The lowest BCUT2D eigenvalue weighted by atomic mass is 10.2. The van der Waals surface area contributed by atoms with E-state index in [1.54, 1.807) is 12.1 Å². The van der Waals surface area contributed by atoms with Crippen LogP contribution in [0.2, 0.25) is 5.15 Å². The molecule has 2 aromatic rings. The zero-order chi connectivity index (χ0) is 13.1. The van der Waals surface area contributed by atoms with Crippen molar-refractivity contribution < 1.29 is 4.39 Å². The molecular weight excluding hydrogens is 255 g/mol. The van der Waals surface area contributed by atoms with Crippen LogP contribution in [0.1, 0.15) is 5.56 Å². The van der Waals surface area contributed by atoms with Gasteiger partial charge in [-0.3, -0.25) is 0 Å². The van der Waals surface area contributed by atoms with E-state index in [-0.39, 0.29) is 16.9 Å². The molecule has 18 heavy (non-hydrogen) atoms. The summed E-state index contributed by atoms with van der Waals surface area (Å²) in [6, 6.07) is 7.99. The number of nitrogen functional groups attached to an aromatic ring is 1. The lowest BCUT2D eigenvalue weighted by molar-refractivity contribution is 0.625. The molecule has 1 heterocycles. The largest absolute Gasteiger partial charge is 0.368 e. The van der Waals surface area contributed by atoms with E-state index in [1.165, 1.54) is 12.1 Å². The van der Waals surface area contributed by atoms with Gasteiger partial charge < -0.3 is 10.6 Å². The van der Waals surface area contributed by atoms with Crippen molar-refractivity contribution in [1.29, 1.82) is 0 Å². The van der Waals surface area contributed by atoms with Crippen LogP contribution in [0, 0.1) is 5.82 Å². The molecule has 0 atom stereocenters. The van der Waals surface area contributed by atoms with Gasteiger partial charge >= 0.3 is 0 Å². The summed E-state index contributed by atoms with van der Waals surface area (Å²) in [5, 5.41) is 0.281. The lowest BCUT2D eigenvalue weighted by Crippen LogP contribution is -2.18. The minimum atomic E-state index is -0.263. The Morgan fingerprint density at radius 3 is 2.78 bits per heavy atom. The van der Waals surface area contributed by atoms with Crippen molar-refractivity contribution in [3.63, 3.8) is 0 Å². The fourth-order valence-corrected chi connectivity index (χ4v) is 1.79. The first kappa shape index (κ1) is 12.6. The zero-order valence-electron chi connectivity index (χ0n) is 9.77. The molecule has 0 saturated heterocycles. The molecule has 0 saturated carbocycles. The van der Waals surface area contributed by atoms with Gasteiger partial charge in [-0.15, -0.1) is 0 Å².